The van der Waals surface area contributed by atoms with Gasteiger partial charge >= 0.3 is 0 Å². The summed E-state index contributed by atoms with van der Waals surface area (Å²) in [5.74, 6) is 0. The lowest BCUT2D eigenvalue weighted by molar-refractivity contribution is 0.880. The molecule has 1 aliphatic heterocycles. The molecule has 2 heteroatoms. The number of hydrogen-bond acceptors (Lipinski definition) is 1. The van der Waals surface area contributed by atoms with Crippen molar-refractivity contribution in [1.29, 1.82) is 0 Å². The van der Waals surface area contributed by atoms with E-state index in [0.717, 1.165) is 18.4 Å². The van der Waals surface area contributed by atoms with Crippen LogP contribution < -0.4 is 4.90 Å². The molecule has 0 atom stereocenters. The molecule has 86 valence electrons. The minimum absolute atomic E-state index is 0.924. The Morgan fingerprint density at radius 3 is 2.00 bits per heavy atom. The highest BCUT2D eigenvalue weighted by Crippen LogP contribution is 2.28. The van der Waals surface area contributed by atoms with Crippen molar-refractivity contribution >= 4 is 21.6 Å². The van der Waals surface area contributed by atoms with E-state index in [2.05, 4.69) is 69.4 Å². The molecular weight excluding hydrogens is 274 g/mol. The van der Waals surface area contributed by atoms with E-state index in [1.54, 1.807) is 0 Å². The van der Waals surface area contributed by atoms with E-state index in [9.17, 15) is 0 Å². The largest absolute Gasteiger partial charge is 0.363 e. The van der Waals surface area contributed by atoms with Gasteiger partial charge in [-0.2, -0.15) is 0 Å². The Bertz CT molecular complexity index is 494. The Balaban J connectivity index is 1.83. The summed E-state index contributed by atoms with van der Waals surface area (Å²) >= 11 is 3.48. The number of fused-ring (bicyclic) bond motifs is 1. The normalized spacial score (nSPS) is 13.8. The lowest BCUT2D eigenvalue weighted by Gasteiger charge is -2.17. The van der Waals surface area contributed by atoms with Crippen molar-refractivity contribution < 1.29 is 0 Å². The van der Waals surface area contributed by atoms with Crippen LogP contribution in [0, 0.1) is 0 Å². The molecule has 0 unspecified atom stereocenters. The summed E-state index contributed by atoms with van der Waals surface area (Å²) in [7, 11) is 0. The van der Waals surface area contributed by atoms with Crippen molar-refractivity contribution in [3.05, 3.63) is 65.2 Å². The zero-order valence-electron chi connectivity index (χ0n) is 9.57. The van der Waals surface area contributed by atoms with E-state index in [1.165, 1.54) is 22.4 Å². The molecule has 0 fully saturated rings. The second-order valence-corrected chi connectivity index (χ2v) is 4.99. The molecule has 0 N–H and O–H groups in total. The number of halogens is 1. The quantitative estimate of drug-likeness (QED) is 0.752. The van der Waals surface area contributed by atoms with Crippen LogP contribution >= 0.6 is 15.9 Å². The monoisotopic (exact) mass is 287 g/mol. The van der Waals surface area contributed by atoms with Gasteiger partial charge in [-0.3, -0.25) is 0 Å². The van der Waals surface area contributed by atoms with Crippen molar-refractivity contribution in [3.8, 4) is 0 Å². The first kappa shape index (κ1) is 10.8. The summed E-state index contributed by atoms with van der Waals surface area (Å²) in [6, 6.07) is 17.5. The molecular formula is C15H14BrN. The summed E-state index contributed by atoms with van der Waals surface area (Å²) in [6.07, 6.45) is 0. The second-order valence-electron chi connectivity index (χ2n) is 4.42. The molecule has 0 amide bonds. The summed E-state index contributed by atoms with van der Waals surface area (Å²) in [5, 5.41) is 0.924. The van der Waals surface area contributed by atoms with Gasteiger partial charge in [-0.15, -0.1) is 0 Å². The molecule has 0 saturated heterocycles. The second kappa shape index (κ2) is 4.53. The first-order chi connectivity index (χ1) is 8.36. The summed E-state index contributed by atoms with van der Waals surface area (Å²) in [5.41, 5.74) is 5.55. The Hall–Kier alpha value is -1.28. The van der Waals surface area contributed by atoms with Crippen LogP contribution in [0.1, 0.15) is 16.7 Å². The number of alkyl halides is 1. The van der Waals surface area contributed by atoms with Gasteiger partial charge in [0.25, 0.3) is 0 Å². The molecule has 0 bridgehead atoms. The van der Waals surface area contributed by atoms with Crippen LogP contribution in [0.15, 0.2) is 48.5 Å². The number of hydrogen-bond donors (Lipinski definition) is 0. The fourth-order valence-electron chi connectivity index (χ4n) is 2.31. The minimum atomic E-state index is 0.924. The summed E-state index contributed by atoms with van der Waals surface area (Å²) < 4.78 is 0. The summed E-state index contributed by atoms with van der Waals surface area (Å²) in [6.45, 7) is 2.06. The van der Waals surface area contributed by atoms with Crippen molar-refractivity contribution in [1.82, 2.24) is 0 Å². The van der Waals surface area contributed by atoms with Gasteiger partial charge in [0.2, 0.25) is 0 Å². The Morgan fingerprint density at radius 1 is 0.882 bits per heavy atom. The molecule has 1 heterocycles. The highest BCUT2D eigenvalue weighted by atomic mass is 79.9. The van der Waals surface area contributed by atoms with Crippen LogP contribution in [0.5, 0.6) is 0 Å². The van der Waals surface area contributed by atoms with Crippen molar-refractivity contribution in [2.45, 2.75) is 18.4 Å². The number of nitrogens with zero attached hydrogens (tertiary/aromatic N) is 1. The Labute approximate surface area is 110 Å². The van der Waals surface area contributed by atoms with E-state index in [4.69, 9.17) is 0 Å². The molecule has 0 spiro atoms. The molecule has 2 aromatic rings. The van der Waals surface area contributed by atoms with Crippen LogP contribution in [0.2, 0.25) is 0 Å². The molecule has 2 aromatic carbocycles. The fourth-order valence-corrected chi connectivity index (χ4v) is 2.69. The van der Waals surface area contributed by atoms with Gasteiger partial charge in [-0.05, 0) is 28.8 Å². The maximum atomic E-state index is 3.48. The maximum Gasteiger partial charge on any atom is 0.0436 e. The van der Waals surface area contributed by atoms with Crippen LogP contribution in [0.25, 0.3) is 0 Å². The third-order valence-corrected chi connectivity index (χ3v) is 3.94. The van der Waals surface area contributed by atoms with E-state index in [-0.39, 0.29) is 0 Å². The minimum Gasteiger partial charge on any atom is -0.363 e. The third-order valence-electron chi connectivity index (χ3n) is 3.30. The van der Waals surface area contributed by atoms with E-state index >= 15 is 0 Å². The molecule has 17 heavy (non-hydrogen) atoms. The lowest BCUT2D eigenvalue weighted by Crippen LogP contribution is -2.14. The highest BCUT2D eigenvalue weighted by Gasteiger charge is 2.17. The smallest absolute Gasteiger partial charge is 0.0436 e. The molecule has 0 aromatic heterocycles. The van der Waals surface area contributed by atoms with E-state index in [0.29, 0.717) is 0 Å². The van der Waals surface area contributed by atoms with Crippen molar-refractivity contribution in [2.75, 3.05) is 4.90 Å². The van der Waals surface area contributed by atoms with E-state index in [1.807, 2.05) is 0 Å². The Kier molecular flexibility index (Phi) is 2.89. The van der Waals surface area contributed by atoms with Gasteiger partial charge in [0.05, 0.1) is 0 Å². The van der Waals surface area contributed by atoms with E-state index < -0.39 is 0 Å². The Morgan fingerprint density at radius 2 is 1.47 bits per heavy atom. The molecule has 3 rings (SSSR count). The number of anilines is 1. The first-order valence-electron chi connectivity index (χ1n) is 5.83. The van der Waals surface area contributed by atoms with Crippen molar-refractivity contribution in [2.24, 2.45) is 0 Å². The zero-order valence-corrected chi connectivity index (χ0v) is 11.2. The SMILES string of the molecule is BrCc1ccc(N2Cc3ccccc3C2)cc1. The van der Waals surface area contributed by atoms with Gasteiger partial charge in [0.1, 0.15) is 0 Å². The topological polar surface area (TPSA) is 3.24 Å². The van der Waals surface area contributed by atoms with Gasteiger partial charge in [-0.1, -0.05) is 52.3 Å². The third kappa shape index (κ3) is 2.09. The van der Waals surface area contributed by atoms with Crippen molar-refractivity contribution in [3.63, 3.8) is 0 Å². The molecule has 1 nitrogen and oxygen atoms in total. The predicted octanol–water partition coefficient (Wildman–Crippen LogP) is 4.10. The highest BCUT2D eigenvalue weighted by molar-refractivity contribution is 9.08. The van der Waals surface area contributed by atoms with Crippen LogP contribution in [-0.4, -0.2) is 0 Å². The van der Waals surface area contributed by atoms with Crippen LogP contribution in [-0.2, 0) is 18.4 Å². The summed E-state index contributed by atoms with van der Waals surface area (Å²) in [4.78, 5) is 2.42. The zero-order chi connectivity index (χ0) is 11.7. The standard InChI is InChI=1S/C15H14BrN/c16-9-12-5-7-15(8-6-12)17-10-13-3-1-2-4-14(13)11-17/h1-8H,9-11H2. The first-order valence-corrected chi connectivity index (χ1v) is 6.95. The average molecular weight is 288 g/mol. The van der Waals surface area contributed by atoms with Gasteiger partial charge in [0.15, 0.2) is 0 Å². The van der Waals surface area contributed by atoms with Gasteiger partial charge < -0.3 is 4.90 Å². The fraction of sp³-hybridized carbons (Fsp3) is 0.200. The number of rotatable bonds is 2. The number of benzene rings is 2. The lowest BCUT2D eigenvalue weighted by atomic mass is 10.1. The molecule has 0 aliphatic carbocycles. The molecule has 1 aliphatic rings. The van der Waals surface area contributed by atoms with Crippen LogP contribution in [0.4, 0.5) is 5.69 Å². The molecule has 0 saturated carbocycles. The van der Waals surface area contributed by atoms with Gasteiger partial charge in [-0.25, -0.2) is 0 Å². The maximum absolute atomic E-state index is 3.48. The molecule has 0 radical (unpaired) electrons. The predicted molar refractivity (Wildman–Crippen MR) is 75.4 cm³/mol. The van der Waals surface area contributed by atoms with Crippen LogP contribution in [0.3, 0.4) is 0 Å². The van der Waals surface area contributed by atoms with Gasteiger partial charge in [0, 0.05) is 24.1 Å². The average Bonchev–Trinajstić information content (AvgIpc) is 2.82.